The number of carbonyl (C=O) groups is 2. The molecule has 0 aromatic carbocycles. The van der Waals surface area contributed by atoms with Gasteiger partial charge in [0.05, 0.1) is 18.4 Å². The van der Waals surface area contributed by atoms with E-state index < -0.39 is 21.3 Å². The van der Waals surface area contributed by atoms with E-state index in [0.717, 1.165) is 7.11 Å². The van der Waals surface area contributed by atoms with Crippen molar-refractivity contribution in [1.82, 2.24) is 5.32 Å². The second-order valence-electron chi connectivity index (χ2n) is 5.79. The van der Waals surface area contributed by atoms with Crippen LogP contribution in [0.1, 0.15) is 40.5 Å². The van der Waals surface area contributed by atoms with E-state index in [4.69, 9.17) is 4.74 Å². The Bertz CT molecular complexity index is 485. The number of Topliss-reactive ketones (excluding diaryl/α,β-unsaturated/α-hetero) is 1. The lowest BCUT2D eigenvalue weighted by Crippen LogP contribution is -2.49. The monoisotopic (exact) mass is 323 g/mol. The first-order valence-electron chi connectivity index (χ1n) is 6.53. The lowest BCUT2D eigenvalue weighted by molar-refractivity contribution is -0.138. The van der Waals surface area contributed by atoms with Gasteiger partial charge in [0.2, 0.25) is 5.91 Å². The van der Waals surface area contributed by atoms with Crippen LogP contribution in [-0.4, -0.2) is 51.2 Å². The minimum absolute atomic E-state index is 0.0559. The van der Waals surface area contributed by atoms with Crippen LogP contribution in [0.15, 0.2) is 0 Å². The molecule has 0 saturated heterocycles. The van der Waals surface area contributed by atoms with Crippen molar-refractivity contribution < 1.29 is 26.9 Å². The van der Waals surface area contributed by atoms with Crippen LogP contribution < -0.4 is 5.32 Å². The molecule has 0 fully saturated rings. The average molecular weight is 323 g/mol. The predicted octanol–water partition coefficient (Wildman–Crippen LogP) is 0.632. The second kappa shape index (κ2) is 7.33. The SMILES string of the molecule is COC(C)(CCC(=O)NC(C)(C)CS(=O)(=O)OC)C(C)=O. The number of hydrogen-bond acceptors (Lipinski definition) is 6. The van der Waals surface area contributed by atoms with Gasteiger partial charge in [0.25, 0.3) is 10.1 Å². The summed E-state index contributed by atoms with van der Waals surface area (Å²) < 4.78 is 32.3. The summed E-state index contributed by atoms with van der Waals surface area (Å²) in [6.45, 7) is 6.18. The van der Waals surface area contributed by atoms with Crippen LogP contribution >= 0.6 is 0 Å². The molecule has 21 heavy (non-hydrogen) atoms. The number of hydrogen-bond donors (Lipinski definition) is 1. The molecular weight excluding hydrogens is 298 g/mol. The molecule has 0 aliphatic rings. The highest BCUT2D eigenvalue weighted by atomic mass is 32.2. The van der Waals surface area contributed by atoms with Crippen molar-refractivity contribution in [3.63, 3.8) is 0 Å². The van der Waals surface area contributed by atoms with Gasteiger partial charge in [0.15, 0.2) is 5.78 Å². The number of rotatable bonds is 9. The maximum absolute atomic E-state index is 11.9. The Labute approximate surface area is 126 Å². The zero-order chi connectivity index (χ0) is 16.9. The van der Waals surface area contributed by atoms with Gasteiger partial charge in [-0.25, -0.2) is 0 Å². The van der Waals surface area contributed by atoms with Gasteiger partial charge in [0.1, 0.15) is 5.60 Å². The fourth-order valence-corrected chi connectivity index (χ4v) is 2.82. The van der Waals surface area contributed by atoms with E-state index in [9.17, 15) is 18.0 Å². The number of nitrogens with one attached hydrogen (secondary N) is 1. The third kappa shape index (κ3) is 7.01. The molecule has 0 aliphatic carbocycles. The topological polar surface area (TPSA) is 98.8 Å². The summed E-state index contributed by atoms with van der Waals surface area (Å²) in [7, 11) is -1.19. The van der Waals surface area contributed by atoms with Crippen molar-refractivity contribution in [3.05, 3.63) is 0 Å². The number of ether oxygens (including phenoxy) is 1. The fraction of sp³-hybridized carbons (Fsp3) is 0.846. The quantitative estimate of drug-likeness (QED) is 0.625. The van der Waals surface area contributed by atoms with Crippen molar-refractivity contribution in [3.8, 4) is 0 Å². The van der Waals surface area contributed by atoms with E-state index in [0.29, 0.717) is 0 Å². The standard InChI is InChI=1S/C13H25NO6S/c1-10(15)13(4,19-5)8-7-11(16)14-12(2,3)9-21(17,18)20-6/h7-9H2,1-6H3,(H,14,16). The summed E-state index contributed by atoms with van der Waals surface area (Å²) >= 11 is 0. The highest BCUT2D eigenvalue weighted by Crippen LogP contribution is 2.18. The van der Waals surface area contributed by atoms with E-state index in [1.165, 1.54) is 14.0 Å². The fourth-order valence-electron chi connectivity index (χ4n) is 1.75. The molecule has 0 spiro atoms. The predicted molar refractivity (Wildman–Crippen MR) is 78.3 cm³/mol. The van der Waals surface area contributed by atoms with Crippen molar-refractivity contribution in [2.24, 2.45) is 0 Å². The molecule has 0 heterocycles. The number of methoxy groups -OCH3 is 1. The van der Waals surface area contributed by atoms with Crippen LogP contribution in [0.2, 0.25) is 0 Å². The molecule has 0 rings (SSSR count). The Kier molecular flexibility index (Phi) is 6.98. The molecule has 0 aromatic rings. The van der Waals surface area contributed by atoms with Gasteiger partial charge in [-0.1, -0.05) is 0 Å². The third-order valence-electron chi connectivity index (χ3n) is 3.29. The molecule has 0 radical (unpaired) electrons. The maximum Gasteiger partial charge on any atom is 0.269 e. The Morgan fingerprint density at radius 3 is 2.05 bits per heavy atom. The second-order valence-corrected chi connectivity index (χ2v) is 7.53. The van der Waals surface area contributed by atoms with E-state index in [2.05, 4.69) is 9.50 Å². The van der Waals surface area contributed by atoms with Gasteiger partial charge in [-0.05, 0) is 34.1 Å². The number of carbonyl (C=O) groups excluding carboxylic acids is 2. The van der Waals surface area contributed by atoms with E-state index >= 15 is 0 Å². The minimum Gasteiger partial charge on any atom is -0.371 e. The third-order valence-corrected chi connectivity index (χ3v) is 4.88. The van der Waals surface area contributed by atoms with Crippen molar-refractivity contribution >= 4 is 21.8 Å². The van der Waals surface area contributed by atoms with Gasteiger partial charge < -0.3 is 10.1 Å². The van der Waals surface area contributed by atoms with Crippen LogP contribution in [0.25, 0.3) is 0 Å². The van der Waals surface area contributed by atoms with Crippen molar-refractivity contribution in [2.75, 3.05) is 20.0 Å². The molecule has 1 unspecified atom stereocenters. The van der Waals surface area contributed by atoms with Crippen LogP contribution in [0, 0.1) is 0 Å². The smallest absolute Gasteiger partial charge is 0.269 e. The first-order chi connectivity index (χ1) is 9.37. The molecule has 1 amide bonds. The summed E-state index contributed by atoms with van der Waals surface area (Å²) in [5.41, 5.74) is -1.98. The highest BCUT2D eigenvalue weighted by molar-refractivity contribution is 7.86. The van der Waals surface area contributed by atoms with Crippen LogP contribution in [-0.2, 0) is 28.6 Å². The molecule has 0 bridgehead atoms. The van der Waals surface area contributed by atoms with Gasteiger partial charge >= 0.3 is 0 Å². The Balaban J connectivity index is 4.60. The summed E-state index contributed by atoms with van der Waals surface area (Å²) in [5.74, 6) is -0.855. The minimum atomic E-state index is -3.68. The first-order valence-corrected chi connectivity index (χ1v) is 8.11. The van der Waals surface area contributed by atoms with Gasteiger partial charge in [0, 0.05) is 13.5 Å². The van der Waals surface area contributed by atoms with E-state index in [1.54, 1.807) is 20.8 Å². The number of amides is 1. The zero-order valence-corrected chi connectivity index (χ0v) is 14.3. The van der Waals surface area contributed by atoms with E-state index in [1.807, 2.05) is 0 Å². The first kappa shape index (κ1) is 20.0. The Hall–Kier alpha value is -0.990. The molecule has 7 nitrogen and oxygen atoms in total. The number of ketones is 1. The van der Waals surface area contributed by atoms with Crippen molar-refractivity contribution in [2.45, 2.75) is 51.7 Å². The van der Waals surface area contributed by atoms with Crippen LogP contribution in [0.3, 0.4) is 0 Å². The van der Waals surface area contributed by atoms with Gasteiger partial charge in [-0.3, -0.25) is 13.8 Å². The normalized spacial score (nSPS) is 15.3. The van der Waals surface area contributed by atoms with Crippen LogP contribution in [0.5, 0.6) is 0 Å². The average Bonchev–Trinajstić information content (AvgIpc) is 2.33. The van der Waals surface area contributed by atoms with Gasteiger partial charge in [-0.15, -0.1) is 0 Å². The largest absolute Gasteiger partial charge is 0.371 e. The Morgan fingerprint density at radius 1 is 1.14 bits per heavy atom. The van der Waals surface area contributed by atoms with E-state index in [-0.39, 0.29) is 30.3 Å². The summed E-state index contributed by atoms with van der Waals surface area (Å²) in [6.07, 6.45) is 0.276. The lowest BCUT2D eigenvalue weighted by Gasteiger charge is -2.28. The Morgan fingerprint density at radius 2 is 1.67 bits per heavy atom. The summed E-state index contributed by atoms with van der Waals surface area (Å²) in [5, 5.41) is 2.62. The van der Waals surface area contributed by atoms with Crippen LogP contribution in [0.4, 0.5) is 0 Å². The molecule has 8 heteroatoms. The van der Waals surface area contributed by atoms with Crippen molar-refractivity contribution in [1.29, 1.82) is 0 Å². The molecule has 124 valence electrons. The molecule has 1 atom stereocenters. The molecule has 0 saturated carbocycles. The summed E-state index contributed by atoms with van der Waals surface area (Å²) in [6, 6.07) is 0. The van der Waals surface area contributed by atoms with Gasteiger partial charge in [-0.2, -0.15) is 8.42 Å². The molecular formula is C13H25NO6S. The lowest BCUT2D eigenvalue weighted by atomic mass is 9.95. The molecule has 0 aliphatic heterocycles. The maximum atomic E-state index is 11.9. The molecule has 0 aromatic heterocycles. The highest BCUT2D eigenvalue weighted by Gasteiger charge is 2.32. The zero-order valence-electron chi connectivity index (χ0n) is 13.5. The molecule has 1 N–H and O–H groups in total. The summed E-state index contributed by atoms with van der Waals surface area (Å²) in [4.78, 5) is 23.4.